The molecule has 116 valence electrons. The van der Waals surface area contributed by atoms with Gasteiger partial charge in [-0.15, -0.1) is 0 Å². The van der Waals surface area contributed by atoms with Crippen LogP contribution in [0.3, 0.4) is 0 Å². The van der Waals surface area contributed by atoms with Gasteiger partial charge in [0.15, 0.2) is 0 Å². The number of nitrogens with zero attached hydrogens (tertiary/aromatic N) is 2. The molecular formula is C17H26BrN3. The van der Waals surface area contributed by atoms with Gasteiger partial charge in [-0.3, -0.25) is 0 Å². The Kier molecular flexibility index (Phi) is 4.26. The van der Waals surface area contributed by atoms with Crippen LogP contribution in [0.2, 0.25) is 0 Å². The Morgan fingerprint density at radius 1 is 1.10 bits per heavy atom. The van der Waals surface area contributed by atoms with Gasteiger partial charge in [-0.2, -0.15) is 0 Å². The van der Waals surface area contributed by atoms with Crippen molar-refractivity contribution >= 4 is 21.7 Å². The Hall–Kier alpha value is -0.640. The molecule has 1 aromatic heterocycles. The van der Waals surface area contributed by atoms with E-state index in [4.69, 9.17) is 9.97 Å². The third kappa shape index (κ3) is 3.41. The van der Waals surface area contributed by atoms with Crippen molar-refractivity contribution in [1.82, 2.24) is 9.97 Å². The summed E-state index contributed by atoms with van der Waals surface area (Å²) in [5.74, 6) is 3.26. The molecule has 1 heterocycles. The average Bonchev–Trinajstić information content (AvgIpc) is 3.26. The lowest BCUT2D eigenvalue weighted by atomic mass is 9.73. The lowest BCUT2D eigenvalue weighted by Crippen LogP contribution is -2.22. The van der Waals surface area contributed by atoms with Gasteiger partial charge in [-0.25, -0.2) is 9.97 Å². The summed E-state index contributed by atoms with van der Waals surface area (Å²) in [5.41, 5.74) is 1.73. The second-order valence-electron chi connectivity index (χ2n) is 7.37. The Balaban J connectivity index is 1.87. The maximum atomic E-state index is 4.95. The van der Waals surface area contributed by atoms with Crippen molar-refractivity contribution < 1.29 is 0 Å². The molecule has 2 aliphatic carbocycles. The highest BCUT2D eigenvalue weighted by Crippen LogP contribution is 2.46. The zero-order chi connectivity index (χ0) is 15.0. The van der Waals surface area contributed by atoms with Crippen LogP contribution in [0.1, 0.15) is 82.7 Å². The van der Waals surface area contributed by atoms with E-state index in [-0.39, 0.29) is 0 Å². The van der Waals surface area contributed by atoms with Crippen LogP contribution in [0.5, 0.6) is 0 Å². The lowest BCUT2D eigenvalue weighted by molar-refractivity contribution is 0.220. The molecule has 3 nitrogen and oxygen atoms in total. The molecule has 1 N–H and O–H groups in total. The first-order valence-electron chi connectivity index (χ1n) is 8.31. The quantitative estimate of drug-likeness (QED) is 0.806. The van der Waals surface area contributed by atoms with Gasteiger partial charge in [-0.05, 0) is 66.8 Å². The third-order valence-electron chi connectivity index (χ3n) is 4.91. The second-order valence-corrected chi connectivity index (χ2v) is 8.17. The summed E-state index contributed by atoms with van der Waals surface area (Å²) in [6.45, 7) is 7.78. The van der Waals surface area contributed by atoms with E-state index in [0.29, 0.717) is 17.3 Å². The van der Waals surface area contributed by atoms with Gasteiger partial charge in [0.2, 0.25) is 0 Å². The van der Waals surface area contributed by atoms with E-state index in [1.54, 1.807) is 0 Å². The first-order chi connectivity index (χ1) is 10.00. The molecule has 0 unspecified atom stereocenters. The van der Waals surface area contributed by atoms with Gasteiger partial charge in [0.1, 0.15) is 11.6 Å². The van der Waals surface area contributed by atoms with Crippen molar-refractivity contribution in [2.24, 2.45) is 5.41 Å². The fourth-order valence-corrected chi connectivity index (χ4v) is 3.88. The maximum Gasteiger partial charge on any atom is 0.144 e. The molecule has 1 aromatic rings. The van der Waals surface area contributed by atoms with Crippen LogP contribution in [0, 0.1) is 5.41 Å². The van der Waals surface area contributed by atoms with Crippen LogP contribution < -0.4 is 5.32 Å². The summed E-state index contributed by atoms with van der Waals surface area (Å²) in [7, 11) is 0. The number of rotatable bonds is 4. The molecule has 21 heavy (non-hydrogen) atoms. The SMILES string of the molecule is CCNc1nc(C2CCC(C)(C)CC2)nc(C2CC2)c1Br. The number of aromatic nitrogens is 2. The zero-order valence-electron chi connectivity index (χ0n) is 13.4. The molecule has 2 saturated carbocycles. The Morgan fingerprint density at radius 3 is 2.33 bits per heavy atom. The van der Waals surface area contributed by atoms with Gasteiger partial charge < -0.3 is 5.32 Å². The van der Waals surface area contributed by atoms with Crippen LogP contribution in [0.4, 0.5) is 5.82 Å². The topological polar surface area (TPSA) is 37.8 Å². The fourth-order valence-electron chi connectivity index (χ4n) is 3.23. The number of hydrogen-bond acceptors (Lipinski definition) is 3. The highest BCUT2D eigenvalue weighted by molar-refractivity contribution is 9.10. The fraction of sp³-hybridized carbons (Fsp3) is 0.765. The predicted molar refractivity (Wildman–Crippen MR) is 90.9 cm³/mol. The average molecular weight is 352 g/mol. The van der Waals surface area contributed by atoms with Crippen molar-refractivity contribution in [3.05, 3.63) is 16.0 Å². The van der Waals surface area contributed by atoms with Crippen molar-refractivity contribution in [3.63, 3.8) is 0 Å². The first-order valence-corrected chi connectivity index (χ1v) is 9.10. The minimum atomic E-state index is 0.496. The van der Waals surface area contributed by atoms with Crippen LogP contribution in [-0.2, 0) is 0 Å². The Labute approximate surface area is 136 Å². The predicted octanol–water partition coefficient (Wildman–Crippen LogP) is 5.23. The van der Waals surface area contributed by atoms with Crippen molar-refractivity contribution in [3.8, 4) is 0 Å². The third-order valence-corrected chi connectivity index (χ3v) is 5.69. The van der Waals surface area contributed by atoms with E-state index in [2.05, 4.69) is 42.0 Å². The van der Waals surface area contributed by atoms with E-state index < -0.39 is 0 Å². The van der Waals surface area contributed by atoms with E-state index >= 15 is 0 Å². The van der Waals surface area contributed by atoms with Crippen LogP contribution >= 0.6 is 15.9 Å². The molecule has 0 aliphatic heterocycles. The lowest BCUT2D eigenvalue weighted by Gasteiger charge is -2.33. The van der Waals surface area contributed by atoms with Crippen molar-refractivity contribution in [2.75, 3.05) is 11.9 Å². The number of anilines is 1. The molecule has 2 aliphatic rings. The standard InChI is InChI=1S/C17H26BrN3/c1-4-19-16-13(18)14(11-5-6-11)20-15(21-16)12-7-9-17(2,3)10-8-12/h11-12H,4-10H2,1-3H3,(H,19,20,21). The van der Waals surface area contributed by atoms with Gasteiger partial charge in [0.25, 0.3) is 0 Å². The van der Waals surface area contributed by atoms with E-state index in [1.165, 1.54) is 44.2 Å². The minimum Gasteiger partial charge on any atom is -0.369 e. The van der Waals surface area contributed by atoms with Crippen molar-refractivity contribution in [1.29, 1.82) is 0 Å². The largest absolute Gasteiger partial charge is 0.369 e. The molecule has 0 amide bonds. The van der Waals surface area contributed by atoms with Gasteiger partial charge >= 0.3 is 0 Å². The molecule has 3 rings (SSSR count). The molecule has 0 radical (unpaired) electrons. The van der Waals surface area contributed by atoms with Crippen LogP contribution in [-0.4, -0.2) is 16.5 Å². The highest BCUT2D eigenvalue weighted by Gasteiger charge is 2.33. The van der Waals surface area contributed by atoms with Gasteiger partial charge in [0, 0.05) is 18.4 Å². The van der Waals surface area contributed by atoms with E-state index in [9.17, 15) is 0 Å². The molecule has 4 heteroatoms. The molecular weight excluding hydrogens is 326 g/mol. The molecule has 0 bridgehead atoms. The zero-order valence-corrected chi connectivity index (χ0v) is 15.0. The molecule has 0 aromatic carbocycles. The van der Waals surface area contributed by atoms with Crippen LogP contribution in [0.15, 0.2) is 4.47 Å². The minimum absolute atomic E-state index is 0.496. The number of hydrogen-bond donors (Lipinski definition) is 1. The molecule has 0 spiro atoms. The molecule has 2 fully saturated rings. The summed E-state index contributed by atoms with van der Waals surface area (Å²) in [6, 6.07) is 0. The maximum absolute atomic E-state index is 4.95. The first kappa shape index (κ1) is 15.3. The Morgan fingerprint density at radius 2 is 1.76 bits per heavy atom. The van der Waals surface area contributed by atoms with Crippen LogP contribution in [0.25, 0.3) is 0 Å². The highest BCUT2D eigenvalue weighted by atomic mass is 79.9. The summed E-state index contributed by atoms with van der Waals surface area (Å²) in [5, 5.41) is 3.40. The second kappa shape index (κ2) is 5.86. The normalized spacial score (nSPS) is 22.3. The van der Waals surface area contributed by atoms with Crippen molar-refractivity contribution in [2.45, 2.75) is 71.1 Å². The summed E-state index contributed by atoms with van der Waals surface area (Å²) < 4.78 is 1.09. The number of nitrogens with one attached hydrogen (secondary N) is 1. The van der Waals surface area contributed by atoms with Gasteiger partial charge in [-0.1, -0.05) is 13.8 Å². The van der Waals surface area contributed by atoms with E-state index in [0.717, 1.165) is 22.7 Å². The molecule has 0 atom stereocenters. The Bertz CT molecular complexity index is 513. The summed E-state index contributed by atoms with van der Waals surface area (Å²) in [4.78, 5) is 9.79. The molecule has 0 saturated heterocycles. The smallest absolute Gasteiger partial charge is 0.144 e. The van der Waals surface area contributed by atoms with E-state index in [1.807, 2.05) is 0 Å². The van der Waals surface area contributed by atoms with Gasteiger partial charge in [0.05, 0.1) is 10.2 Å². The summed E-state index contributed by atoms with van der Waals surface area (Å²) in [6.07, 6.45) is 7.57. The number of halogens is 1. The monoisotopic (exact) mass is 351 g/mol. The summed E-state index contributed by atoms with van der Waals surface area (Å²) >= 11 is 3.71.